The molecule has 1 aliphatic heterocycles. The van der Waals surface area contributed by atoms with E-state index >= 15 is 0 Å². The highest BCUT2D eigenvalue weighted by molar-refractivity contribution is 7.10. The molecule has 0 spiro atoms. The van der Waals surface area contributed by atoms with Crippen LogP contribution in [0.4, 0.5) is 0 Å². The lowest BCUT2D eigenvalue weighted by Crippen LogP contribution is -2.28. The molecule has 0 N–H and O–H groups in total. The predicted molar refractivity (Wildman–Crippen MR) is 100 cm³/mol. The van der Waals surface area contributed by atoms with Crippen LogP contribution in [-0.4, -0.2) is 25.7 Å². The second kappa shape index (κ2) is 8.04. The van der Waals surface area contributed by atoms with Gasteiger partial charge in [0.1, 0.15) is 11.5 Å². The first kappa shape index (κ1) is 17.3. The van der Waals surface area contributed by atoms with Crippen molar-refractivity contribution >= 4 is 11.3 Å². The van der Waals surface area contributed by atoms with Crippen LogP contribution in [0.2, 0.25) is 0 Å². The fourth-order valence-electron chi connectivity index (χ4n) is 3.58. The van der Waals surface area contributed by atoms with Crippen molar-refractivity contribution in [2.75, 3.05) is 20.8 Å². The van der Waals surface area contributed by atoms with Crippen LogP contribution in [0.15, 0.2) is 29.6 Å². The average Bonchev–Trinajstić information content (AvgIpc) is 2.89. The summed E-state index contributed by atoms with van der Waals surface area (Å²) in [6, 6.07) is 8.93. The number of ether oxygens (including phenoxy) is 2. The maximum absolute atomic E-state index is 5.61. The van der Waals surface area contributed by atoms with Crippen molar-refractivity contribution < 1.29 is 9.47 Å². The molecule has 1 aliphatic rings. The highest BCUT2D eigenvalue weighted by Crippen LogP contribution is 2.37. The fourth-order valence-corrected chi connectivity index (χ4v) is 4.68. The molecule has 3 rings (SSSR count). The number of thiophene rings is 1. The Morgan fingerprint density at radius 1 is 1.12 bits per heavy atom. The summed E-state index contributed by atoms with van der Waals surface area (Å²) in [5, 5.41) is 2.22. The Labute approximate surface area is 149 Å². The summed E-state index contributed by atoms with van der Waals surface area (Å²) in [5.41, 5.74) is 2.66. The Balaban J connectivity index is 1.86. The third kappa shape index (κ3) is 3.76. The highest BCUT2D eigenvalue weighted by atomic mass is 32.1. The average molecular weight is 346 g/mol. The van der Waals surface area contributed by atoms with E-state index in [1.165, 1.54) is 41.7 Å². The fraction of sp³-hybridized carbons (Fsp3) is 0.500. The van der Waals surface area contributed by atoms with Gasteiger partial charge in [-0.3, -0.25) is 4.90 Å². The molecule has 3 nitrogen and oxygen atoms in total. The molecule has 1 atom stereocenters. The summed E-state index contributed by atoms with van der Waals surface area (Å²) in [6.07, 6.45) is 5.18. The van der Waals surface area contributed by atoms with Gasteiger partial charge in [-0.2, -0.15) is 0 Å². The van der Waals surface area contributed by atoms with Crippen molar-refractivity contribution in [1.82, 2.24) is 4.90 Å². The van der Waals surface area contributed by atoms with Gasteiger partial charge in [0.05, 0.1) is 14.2 Å². The first-order valence-corrected chi connectivity index (χ1v) is 9.60. The zero-order valence-corrected chi connectivity index (χ0v) is 15.7. The van der Waals surface area contributed by atoms with Gasteiger partial charge in [0.25, 0.3) is 0 Å². The van der Waals surface area contributed by atoms with Gasteiger partial charge >= 0.3 is 0 Å². The van der Waals surface area contributed by atoms with Gasteiger partial charge in [0.2, 0.25) is 0 Å². The molecule has 1 fully saturated rings. The monoisotopic (exact) mass is 345 g/mol. The van der Waals surface area contributed by atoms with Gasteiger partial charge < -0.3 is 9.47 Å². The van der Waals surface area contributed by atoms with E-state index in [2.05, 4.69) is 29.3 Å². The lowest BCUT2D eigenvalue weighted by Gasteiger charge is -2.30. The summed E-state index contributed by atoms with van der Waals surface area (Å²) in [7, 11) is 3.43. The molecule has 1 saturated heterocycles. The zero-order chi connectivity index (χ0) is 16.9. The normalized spacial score (nSPS) is 19.0. The van der Waals surface area contributed by atoms with Crippen molar-refractivity contribution in [3.63, 3.8) is 0 Å². The third-order valence-electron chi connectivity index (χ3n) is 4.94. The van der Waals surface area contributed by atoms with Crippen LogP contribution >= 0.6 is 11.3 Å². The summed E-state index contributed by atoms with van der Waals surface area (Å²) in [6.45, 7) is 4.31. The molecule has 130 valence electrons. The first-order valence-electron chi connectivity index (χ1n) is 8.72. The Kier molecular flexibility index (Phi) is 5.80. The Morgan fingerprint density at radius 2 is 2.00 bits per heavy atom. The van der Waals surface area contributed by atoms with Gasteiger partial charge in [0.15, 0.2) is 0 Å². The molecule has 1 aromatic heterocycles. The van der Waals surface area contributed by atoms with E-state index in [0.717, 1.165) is 24.6 Å². The Bertz CT molecular complexity index is 667. The molecular formula is C20H27NO2S. The van der Waals surface area contributed by atoms with E-state index in [1.807, 2.05) is 23.5 Å². The number of hydrogen-bond acceptors (Lipinski definition) is 4. The number of hydrogen-bond donors (Lipinski definition) is 0. The maximum Gasteiger partial charge on any atom is 0.127 e. The minimum atomic E-state index is 0.527. The molecule has 0 amide bonds. The summed E-state index contributed by atoms with van der Waals surface area (Å²) in [5.74, 6) is 1.76. The molecule has 0 radical (unpaired) electrons. The maximum atomic E-state index is 5.61. The van der Waals surface area contributed by atoms with E-state index in [0.29, 0.717) is 6.04 Å². The minimum Gasteiger partial charge on any atom is -0.497 e. The molecule has 2 aromatic rings. The van der Waals surface area contributed by atoms with Gasteiger partial charge in [-0.05, 0) is 49.4 Å². The summed E-state index contributed by atoms with van der Waals surface area (Å²) >= 11 is 1.90. The molecule has 1 aromatic carbocycles. The molecular weight excluding hydrogens is 318 g/mol. The van der Waals surface area contributed by atoms with Crippen molar-refractivity contribution in [2.24, 2.45) is 0 Å². The number of benzene rings is 1. The van der Waals surface area contributed by atoms with Crippen LogP contribution in [-0.2, 0) is 6.54 Å². The van der Waals surface area contributed by atoms with Crippen LogP contribution < -0.4 is 9.47 Å². The number of methoxy groups -OCH3 is 2. The van der Waals surface area contributed by atoms with Crippen LogP contribution in [0.5, 0.6) is 11.5 Å². The van der Waals surface area contributed by atoms with E-state index in [9.17, 15) is 0 Å². The number of rotatable bonds is 5. The largest absolute Gasteiger partial charge is 0.497 e. The molecule has 24 heavy (non-hydrogen) atoms. The minimum absolute atomic E-state index is 0.527. The molecule has 4 heteroatoms. The number of aryl methyl sites for hydroxylation is 1. The topological polar surface area (TPSA) is 21.7 Å². The van der Waals surface area contributed by atoms with Crippen molar-refractivity contribution in [3.05, 3.63) is 45.6 Å². The first-order chi connectivity index (χ1) is 11.7. The van der Waals surface area contributed by atoms with Crippen LogP contribution in [0.25, 0.3) is 0 Å². The Morgan fingerprint density at radius 3 is 2.71 bits per heavy atom. The van der Waals surface area contributed by atoms with Crippen LogP contribution in [0.1, 0.15) is 47.7 Å². The standard InChI is InChI=1S/C20H27NO2S/c1-15-10-12-24-20(15)18-7-5-4-6-11-21(18)14-16-8-9-17(22-2)13-19(16)23-3/h8-10,12-13,18H,4-7,11,14H2,1-3H3. The Hall–Kier alpha value is -1.52. The van der Waals surface area contributed by atoms with E-state index in [1.54, 1.807) is 14.2 Å². The second-order valence-electron chi connectivity index (χ2n) is 6.48. The van der Waals surface area contributed by atoms with Gasteiger partial charge in [-0.25, -0.2) is 0 Å². The predicted octanol–water partition coefficient (Wildman–Crippen LogP) is 5.19. The van der Waals surface area contributed by atoms with Crippen molar-refractivity contribution in [1.29, 1.82) is 0 Å². The summed E-state index contributed by atoms with van der Waals surface area (Å²) < 4.78 is 10.9. The van der Waals surface area contributed by atoms with Gasteiger partial charge in [-0.15, -0.1) is 11.3 Å². The summed E-state index contributed by atoms with van der Waals surface area (Å²) in [4.78, 5) is 4.17. The highest BCUT2D eigenvalue weighted by Gasteiger charge is 2.25. The quantitative estimate of drug-likeness (QED) is 0.744. The van der Waals surface area contributed by atoms with Crippen molar-refractivity contribution in [3.8, 4) is 11.5 Å². The molecule has 2 heterocycles. The SMILES string of the molecule is COc1ccc(CN2CCCCCC2c2sccc2C)c(OC)c1. The molecule has 1 unspecified atom stereocenters. The van der Waals surface area contributed by atoms with Crippen LogP contribution in [0, 0.1) is 6.92 Å². The van der Waals surface area contributed by atoms with E-state index < -0.39 is 0 Å². The van der Waals surface area contributed by atoms with Crippen LogP contribution in [0.3, 0.4) is 0 Å². The lowest BCUT2D eigenvalue weighted by molar-refractivity contribution is 0.192. The lowest BCUT2D eigenvalue weighted by atomic mass is 10.0. The van der Waals surface area contributed by atoms with Crippen molar-refractivity contribution in [2.45, 2.75) is 45.2 Å². The third-order valence-corrected chi connectivity index (χ3v) is 6.06. The van der Waals surface area contributed by atoms with Gasteiger partial charge in [-0.1, -0.05) is 18.9 Å². The molecule has 0 aliphatic carbocycles. The zero-order valence-electron chi connectivity index (χ0n) is 14.9. The molecule has 0 bridgehead atoms. The van der Waals surface area contributed by atoms with Gasteiger partial charge in [0, 0.05) is 29.1 Å². The smallest absolute Gasteiger partial charge is 0.127 e. The van der Waals surface area contributed by atoms with E-state index in [-0.39, 0.29) is 0 Å². The molecule has 0 saturated carbocycles. The number of likely N-dealkylation sites (tertiary alicyclic amines) is 1. The van der Waals surface area contributed by atoms with E-state index in [4.69, 9.17) is 9.47 Å². The second-order valence-corrected chi connectivity index (χ2v) is 7.43. The number of nitrogens with zero attached hydrogens (tertiary/aromatic N) is 1.